The van der Waals surface area contributed by atoms with E-state index in [1.807, 2.05) is 6.07 Å². The van der Waals surface area contributed by atoms with Crippen LogP contribution in [0.2, 0.25) is 5.02 Å². The summed E-state index contributed by atoms with van der Waals surface area (Å²) in [4.78, 5) is 0.551. The average molecular weight is 232 g/mol. The summed E-state index contributed by atoms with van der Waals surface area (Å²) in [7, 11) is 0. The largest absolute Gasteiger partial charge is 0.0843 e. The molecule has 1 aromatic rings. The number of fused-ring (bicyclic) bond motifs is 1. The zero-order chi connectivity index (χ0) is 7.84. The summed E-state index contributed by atoms with van der Waals surface area (Å²) in [5, 5.41) is 0.852. The molecule has 0 aliphatic heterocycles. The van der Waals surface area contributed by atoms with Crippen molar-refractivity contribution in [3.05, 3.63) is 34.3 Å². The maximum Gasteiger partial charge on any atom is 0.0408 e. The van der Waals surface area contributed by atoms with E-state index < -0.39 is 0 Å². The Balaban J connectivity index is 2.50. The SMILES string of the molecule is Clc1ccc2c(c1)CC[C@H]2Br. The first-order valence-electron chi connectivity index (χ1n) is 3.70. The van der Waals surface area contributed by atoms with Gasteiger partial charge >= 0.3 is 0 Å². The van der Waals surface area contributed by atoms with E-state index in [0.717, 1.165) is 11.4 Å². The van der Waals surface area contributed by atoms with Gasteiger partial charge < -0.3 is 0 Å². The quantitative estimate of drug-likeness (QED) is 0.597. The molecule has 2 heteroatoms. The Morgan fingerprint density at radius 2 is 2.27 bits per heavy atom. The number of benzene rings is 1. The fourth-order valence-corrected chi connectivity index (χ4v) is 2.40. The van der Waals surface area contributed by atoms with Crippen molar-refractivity contribution < 1.29 is 0 Å². The summed E-state index contributed by atoms with van der Waals surface area (Å²) in [6.07, 6.45) is 2.36. The van der Waals surface area contributed by atoms with Crippen LogP contribution in [0.25, 0.3) is 0 Å². The van der Waals surface area contributed by atoms with Crippen molar-refractivity contribution in [2.75, 3.05) is 0 Å². The Hall–Kier alpha value is -0.0100. The minimum Gasteiger partial charge on any atom is -0.0843 e. The van der Waals surface area contributed by atoms with Crippen LogP contribution in [-0.2, 0) is 6.42 Å². The second-order valence-corrected chi connectivity index (χ2v) is 4.39. The minimum absolute atomic E-state index is 0.551. The van der Waals surface area contributed by atoms with Gasteiger partial charge in [0, 0.05) is 9.85 Å². The van der Waals surface area contributed by atoms with Crippen molar-refractivity contribution in [3.63, 3.8) is 0 Å². The molecular formula is C9H8BrCl. The van der Waals surface area contributed by atoms with Crippen molar-refractivity contribution >= 4 is 27.5 Å². The molecular weight excluding hydrogens is 223 g/mol. The van der Waals surface area contributed by atoms with E-state index >= 15 is 0 Å². The third-order valence-electron chi connectivity index (χ3n) is 2.11. The first-order chi connectivity index (χ1) is 5.27. The van der Waals surface area contributed by atoms with Gasteiger partial charge in [-0.2, -0.15) is 0 Å². The highest BCUT2D eigenvalue weighted by molar-refractivity contribution is 9.09. The molecule has 0 spiro atoms. The number of aryl methyl sites for hydroxylation is 1. The Bertz CT molecular complexity index is 283. The van der Waals surface area contributed by atoms with Crippen LogP contribution in [0.5, 0.6) is 0 Å². The Labute approximate surface area is 79.7 Å². The smallest absolute Gasteiger partial charge is 0.0408 e. The normalized spacial score (nSPS) is 21.8. The first kappa shape index (κ1) is 7.63. The van der Waals surface area contributed by atoms with Crippen molar-refractivity contribution in [1.82, 2.24) is 0 Å². The van der Waals surface area contributed by atoms with Gasteiger partial charge in [-0.3, -0.25) is 0 Å². The van der Waals surface area contributed by atoms with E-state index in [9.17, 15) is 0 Å². The highest BCUT2D eigenvalue weighted by Crippen LogP contribution is 2.38. The third-order valence-corrected chi connectivity index (χ3v) is 3.30. The molecule has 0 saturated heterocycles. The van der Waals surface area contributed by atoms with E-state index in [0.29, 0.717) is 4.83 Å². The van der Waals surface area contributed by atoms with E-state index in [-0.39, 0.29) is 0 Å². The maximum atomic E-state index is 5.86. The van der Waals surface area contributed by atoms with Gasteiger partial charge in [0.25, 0.3) is 0 Å². The van der Waals surface area contributed by atoms with Gasteiger partial charge in [-0.15, -0.1) is 0 Å². The minimum atomic E-state index is 0.551. The van der Waals surface area contributed by atoms with Gasteiger partial charge in [-0.05, 0) is 36.1 Å². The number of rotatable bonds is 0. The van der Waals surface area contributed by atoms with Gasteiger partial charge in [-0.1, -0.05) is 33.6 Å². The fourth-order valence-electron chi connectivity index (χ4n) is 1.53. The zero-order valence-corrected chi connectivity index (χ0v) is 8.32. The molecule has 1 aliphatic rings. The Kier molecular flexibility index (Phi) is 1.94. The van der Waals surface area contributed by atoms with Crippen LogP contribution in [0.4, 0.5) is 0 Å². The summed E-state index contributed by atoms with van der Waals surface area (Å²) < 4.78 is 0. The lowest BCUT2D eigenvalue weighted by atomic mass is 10.1. The molecule has 11 heavy (non-hydrogen) atoms. The molecule has 0 aromatic heterocycles. The summed E-state index contributed by atoms with van der Waals surface area (Å²) in [5.41, 5.74) is 2.81. The molecule has 0 nitrogen and oxygen atoms in total. The summed E-state index contributed by atoms with van der Waals surface area (Å²) in [5.74, 6) is 0. The van der Waals surface area contributed by atoms with Crippen LogP contribution in [0, 0.1) is 0 Å². The van der Waals surface area contributed by atoms with Crippen molar-refractivity contribution in [1.29, 1.82) is 0 Å². The van der Waals surface area contributed by atoms with Crippen LogP contribution < -0.4 is 0 Å². The highest BCUT2D eigenvalue weighted by Gasteiger charge is 2.19. The molecule has 0 heterocycles. The number of alkyl halides is 1. The molecule has 0 saturated carbocycles. The second kappa shape index (κ2) is 2.80. The summed E-state index contributed by atoms with van der Waals surface area (Å²) >= 11 is 9.47. The summed E-state index contributed by atoms with van der Waals surface area (Å²) in [6.45, 7) is 0. The van der Waals surface area contributed by atoms with Crippen LogP contribution in [-0.4, -0.2) is 0 Å². The number of hydrogen-bond donors (Lipinski definition) is 0. The van der Waals surface area contributed by atoms with Crippen molar-refractivity contribution in [3.8, 4) is 0 Å². The van der Waals surface area contributed by atoms with E-state index in [1.165, 1.54) is 17.5 Å². The predicted molar refractivity (Wildman–Crippen MR) is 51.4 cm³/mol. The molecule has 58 valence electrons. The molecule has 1 aromatic carbocycles. The molecule has 0 N–H and O–H groups in total. The third kappa shape index (κ3) is 1.32. The molecule has 0 bridgehead atoms. The molecule has 1 aliphatic carbocycles. The zero-order valence-electron chi connectivity index (χ0n) is 5.98. The highest BCUT2D eigenvalue weighted by atomic mass is 79.9. The van der Waals surface area contributed by atoms with Crippen molar-refractivity contribution in [2.45, 2.75) is 17.7 Å². The van der Waals surface area contributed by atoms with Crippen molar-refractivity contribution in [2.24, 2.45) is 0 Å². The monoisotopic (exact) mass is 230 g/mol. The van der Waals surface area contributed by atoms with E-state index in [4.69, 9.17) is 11.6 Å². The maximum absolute atomic E-state index is 5.86. The van der Waals surface area contributed by atoms with Gasteiger partial charge in [-0.25, -0.2) is 0 Å². The Morgan fingerprint density at radius 1 is 1.45 bits per heavy atom. The van der Waals surface area contributed by atoms with E-state index in [2.05, 4.69) is 28.1 Å². The summed E-state index contributed by atoms with van der Waals surface area (Å²) in [6, 6.07) is 6.14. The molecule has 1 atom stereocenters. The topological polar surface area (TPSA) is 0 Å². The first-order valence-corrected chi connectivity index (χ1v) is 4.99. The predicted octanol–water partition coefficient (Wildman–Crippen LogP) is 3.72. The van der Waals surface area contributed by atoms with Crippen LogP contribution >= 0.6 is 27.5 Å². The van der Waals surface area contributed by atoms with Crippen LogP contribution in [0.3, 0.4) is 0 Å². The second-order valence-electron chi connectivity index (χ2n) is 2.85. The lowest BCUT2D eigenvalue weighted by Gasteiger charge is -2.01. The average Bonchev–Trinajstić information content (AvgIpc) is 2.32. The van der Waals surface area contributed by atoms with Crippen LogP contribution in [0.15, 0.2) is 18.2 Å². The van der Waals surface area contributed by atoms with Gasteiger partial charge in [0.2, 0.25) is 0 Å². The van der Waals surface area contributed by atoms with Gasteiger partial charge in [0.05, 0.1) is 0 Å². The molecule has 0 radical (unpaired) electrons. The lowest BCUT2D eigenvalue weighted by Crippen LogP contribution is -1.81. The lowest BCUT2D eigenvalue weighted by molar-refractivity contribution is 0.903. The molecule has 0 amide bonds. The van der Waals surface area contributed by atoms with E-state index in [1.54, 1.807) is 0 Å². The van der Waals surface area contributed by atoms with Crippen LogP contribution in [0.1, 0.15) is 22.4 Å². The fraction of sp³-hybridized carbons (Fsp3) is 0.333. The number of halogens is 2. The Morgan fingerprint density at radius 3 is 3.09 bits per heavy atom. The van der Waals surface area contributed by atoms with Gasteiger partial charge in [0.1, 0.15) is 0 Å². The number of hydrogen-bond acceptors (Lipinski definition) is 0. The molecule has 2 rings (SSSR count). The van der Waals surface area contributed by atoms with Gasteiger partial charge in [0.15, 0.2) is 0 Å². The standard InChI is InChI=1S/C9H8BrCl/c10-9-4-1-6-5-7(11)2-3-8(6)9/h2-3,5,9H,1,4H2/t9-/m1/s1. The molecule has 0 fully saturated rings. The molecule has 0 unspecified atom stereocenters.